The molecule has 1 amide bonds. The number of hydrogen-bond acceptors (Lipinski definition) is 4. The van der Waals surface area contributed by atoms with E-state index in [1.54, 1.807) is 12.1 Å². The van der Waals surface area contributed by atoms with Crippen LogP contribution in [-0.4, -0.2) is 29.9 Å². The Balaban J connectivity index is 1.90. The van der Waals surface area contributed by atoms with Gasteiger partial charge in [0.1, 0.15) is 5.76 Å². The molecular weight excluding hydrogens is 448 g/mol. The van der Waals surface area contributed by atoms with Gasteiger partial charge in [0.25, 0.3) is 11.7 Å². The highest BCUT2D eigenvalue weighted by molar-refractivity contribution is 6.51. The molecule has 1 saturated heterocycles. The summed E-state index contributed by atoms with van der Waals surface area (Å²) in [6, 6.07) is 20.5. The first-order valence-corrected chi connectivity index (χ1v) is 12.6. The molecule has 0 aromatic heterocycles. The highest BCUT2D eigenvalue weighted by atomic mass is 16.3. The average molecular weight is 483 g/mol. The maximum Gasteiger partial charge on any atom is 0.300 e. The fourth-order valence-electron chi connectivity index (χ4n) is 4.98. The molecule has 3 aromatic rings. The minimum Gasteiger partial charge on any atom is -0.507 e. The van der Waals surface area contributed by atoms with E-state index in [4.69, 9.17) is 0 Å². The van der Waals surface area contributed by atoms with Crippen LogP contribution in [-0.2, 0) is 16.0 Å². The molecule has 1 atom stereocenters. The zero-order valence-corrected chi connectivity index (χ0v) is 21.7. The lowest BCUT2D eigenvalue weighted by molar-refractivity contribution is -0.132. The molecule has 1 fully saturated rings. The number of benzene rings is 3. The highest BCUT2D eigenvalue weighted by Crippen LogP contribution is 2.43. The minimum atomic E-state index is -0.733. The van der Waals surface area contributed by atoms with Crippen LogP contribution in [0.15, 0.2) is 72.3 Å². The zero-order chi connectivity index (χ0) is 26.0. The van der Waals surface area contributed by atoms with E-state index in [0.29, 0.717) is 11.3 Å². The Morgan fingerprint density at radius 2 is 1.53 bits per heavy atom. The van der Waals surface area contributed by atoms with E-state index in [1.807, 2.05) is 68.4 Å². The van der Waals surface area contributed by atoms with Crippen LogP contribution in [0.2, 0.25) is 0 Å². The summed E-state index contributed by atoms with van der Waals surface area (Å²) >= 11 is 0. The number of anilines is 2. The van der Waals surface area contributed by atoms with E-state index in [1.165, 1.54) is 4.90 Å². The molecular formula is C31H34N2O3. The van der Waals surface area contributed by atoms with Gasteiger partial charge in [-0.05, 0) is 69.0 Å². The summed E-state index contributed by atoms with van der Waals surface area (Å²) in [5, 5.41) is 11.4. The Kier molecular flexibility index (Phi) is 7.30. The molecule has 5 heteroatoms. The Morgan fingerprint density at radius 3 is 2.08 bits per heavy atom. The van der Waals surface area contributed by atoms with Crippen LogP contribution < -0.4 is 9.80 Å². The van der Waals surface area contributed by atoms with Crippen molar-refractivity contribution < 1.29 is 14.7 Å². The first-order chi connectivity index (χ1) is 17.3. The van der Waals surface area contributed by atoms with Crippen LogP contribution in [0.25, 0.3) is 5.76 Å². The lowest BCUT2D eigenvalue weighted by atomic mass is 9.94. The Labute approximate surface area is 213 Å². The Hall–Kier alpha value is -3.86. The fraction of sp³-hybridized carbons (Fsp3) is 0.290. The summed E-state index contributed by atoms with van der Waals surface area (Å²) in [4.78, 5) is 30.7. The van der Waals surface area contributed by atoms with E-state index < -0.39 is 17.7 Å². The third kappa shape index (κ3) is 4.53. The minimum absolute atomic E-state index is 0.111. The van der Waals surface area contributed by atoms with Gasteiger partial charge in [0.2, 0.25) is 0 Å². The van der Waals surface area contributed by atoms with Crippen molar-refractivity contribution in [2.75, 3.05) is 22.9 Å². The van der Waals surface area contributed by atoms with Gasteiger partial charge in [-0.15, -0.1) is 0 Å². The number of aryl methyl sites for hydroxylation is 3. The number of hydrogen-bond donors (Lipinski definition) is 1. The molecule has 0 bridgehead atoms. The van der Waals surface area contributed by atoms with Crippen LogP contribution in [0, 0.1) is 13.8 Å². The molecule has 4 rings (SSSR count). The summed E-state index contributed by atoms with van der Waals surface area (Å²) in [6.07, 6.45) is 0.872. The lowest BCUT2D eigenvalue weighted by Gasteiger charge is -2.28. The van der Waals surface area contributed by atoms with Gasteiger partial charge in [-0.25, -0.2) is 0 Å². The number of aliphatic hydroxyl groups excluding tert-OH is 1. The monoisotopic (exact) mass is 482 g/mol. The van der Waals surface area contributed by atoms with Crippen LogP contribution in [0.1, 0.15) is 54.6 Å². The molecule has 1 heterocycles. The summed E-state index contributed by atoms with van der Waals surface area (Å²) in [5.74, 6) is -1.46. The quantitative estimate of drug-likeness (QED) is 0.243. The second-order valence-corrected chi connectivity index (χ2v) is 9.27. The SMILES string of the molecule is CCc1ccc(/C(O)=C2\C(=O)C(=O)N(c3ccc(C)cc3C)C2c2ccc(N(CC)CC)cc2)cc1. The predicted octanol–water partition coefficient (Wildman–Crippen LogP) is 6.34. The Bertz CT molecular complexity index is 1300. The van der Waals surface area contributed by atoms with E-state index >= 15 is 0 Å². The van der Waals surface area contributed by atoms with Gasteiger partial charge in [0.05, 0.1) is 11.6 Å². The van der Waals surface area contributed by atoms with Gasteiger partial charge in [0, 0.05) is 30.0 Å². The number of carbonyl (C=O) groups excluding carboxylic acids is 2. The van der Waals surface area contributed by atoms with Gasteiger partial charge in [-0.3, -0.25) is 14.5 Å². The van der Waals surface area contributed by atoms with Crippen molar-refractivity contribution in [3.05, 3.63) is 100 Å². The van der Waals surface area contributed by atoms with Crippen molar-refractivity contribution in [3.63, 3.8) is 0 Å². The number of ketones is 1. The third-order valence-corrected chi connectivity index (χ3v) is 7.03. The number of nitrogens with zero attached hydrogens (tertiary/aromatic N) is 2. The molecule has 3 aromatic carbocycles. The number of rotatable bonds is 7. The van der Waals surface area contributed by atoms with Crippen LogP contribution in [0.3, 0.4) is 0 Å². The largest absolute Gasteiger partial charge is 0.507 e. The van der Waals surface area contributed by atoms with E-state index in [0.717, 1.165) is 47.5 Å². The van der Waals surface area contributed by atoms with E-state index in [2.05, 4.69) is 25.7 Å². The number of amides is 1. The summed E-state index contributed by atoms with van der Waals surface area (Å²) in [7, 11) is 0. The van der Waals surface area contributed by atoms with Crippen molar-refractivity contribution in [2.45, 2.75) is 47.1 Å². The number of aliphatic hydroxyl groups is 1. The number of carbonyl (C=O) groups is 2. The lowest BCUT2D eigenvalue weighted by Crippen LogP contribution is -2.30. The molecule has 1 aliphatic heterocycles. The molecule has 0 saturated carbocycles. The van der Waals surface area contributed by atoms with Crippen molar-refractivity contribution in [1.29, 1.82) is 0 Å². The standard InChI is InChI=1S/C31H34N2O3/c1-6-22-10-12-24(13-11-22)29(34)27-28(23-14-16-25(17-15-23)32(7-2)8-3)33(31(36)30(27)35)26-18-9-20(4)19-21(26)5/h9-19,28,34H,6-8H2,1-5H3/b29-27+. The van der Waals surface area contributed by atoms with Gasteiger partial charge in [-0.2, -0.15) is 0 Å². The summed E-state index contributed by atoms with van der Waals surface area (Å²) in [6.45, 7) is 12.0. The molecule has 5 nitrogen and oxygen atoms in total. The summed E-state index contributed by atoms with van der Waals surface area (Å²) < 4.78 is 0. The average Bonchev–Trinajstić information content (AvgIpc) is 3.15. The number of Topliss-reactive ketones (excluding diaryl/α,β-unsaturated/α-hetero) is 1. The predicted molar refractivity (Wildman–Crippen MR) is 147 cm³/mol. The Morgan fingerprint density at radius 1 is 0.889 bits per heavy atom. The second kappa shape index (κ2) is 10.4. The normalized spacial score (nSPS) is 17.0. The summed E-state index contributed by atoms with van der Waals surface area (Å²) in [5.41, 5.74) is 6.25. The first kappa shape index (κ1) is 25.2. The highest BCUT2D eigenvalue weighted by Gasteiger charge is 2.47. The maximum atomic E-state index is 13.5. The molecule has 0 aliphatic carbocycles. The van der Waals surface area contributed by atoms with Gasteiger partial charge in [-0.1, -0.05) is 61.0 Å². The first-order valence-electron chi connectivity index (χ1n) is 12.6. The molecule has 186 valence electrons. The van der Waals surface area contributed by atoms with Gasteiger partial charge < -0.3 is 10.0 Å². The zero-order valence-electron chi connectivity index (χ0n) is 21.7. The topological polar surface area (TPSA) is 60.9 Å². The molecule has 1 N–H and O–H groups in total. The van der Waals surface area contributed by atoms with Crippen LogP contribution in [0.4, 0.5) is 11.4 Å². The van der Waals surface area contributed by atoms with Crippen molar-refractivity contribution >= 4 is 28.8 Å². The van der Waals surface area contributed by atoms with E-state index in [-0.39, 0.29) is 11.3 Å². The molecule has 1 unspecified atom stereocenters. The fourth-order valence-corrected chi connectivity index (χ4v) is 4.98. The van der Waals surface area contributed by atoms with Crippen LogP contribution >= 0.6 is 0 Å². The smallest absolute Gasteiger partial charge is 0.300 e. The molecule has 0 spiro atoms. The third-order valence-electron chi connectivity index (χ3n) is 7.03. The molecule has 36 heavy (non-hydrogen) atoms. The molecule has 1 aliphatic rings. The maximum absolute atomic E-state index is 13.5. The molecule has 0 radical (unpaired) electrons. The van der Waals surface area contributed by atoms with E-state index in [9.17, 15) is 14.7 Å². The van der Waals surface area contributed by atoms with Gasteiger partial charge in [0.15, 0.2) is 0 Å². The van der Waals surface area contributed by atoms with Crippen molar-refractivity contribution in [1.82, 2.24) is 0 Å². The van der Waals surface area contributed by atoms with Crippen molar-refractivity contribution in [2.24, 2.45) is 0 Å². The van der Waals surface area contributed by atoms with Gasteiger partial charge >= 0.3 is 0 Å². The second-order valence-electron chi connectivity index (χ2n) is 9.27. The van der Waals surface area contributed by atoms with Crippen LogP contribution in [0.5, 0.6) is 0 Å². The van der Waals surface area contributed by atoms with Crippen molar-refractivity contribution in [3.8, 4) is 0 Å².